The Bertz CT molecular complexity index is 543. The first-order valence-electron chi connectivity index (χ1n) is 5.11. The Morgan fingerprint density at radius 2 is 1.81 bits per heavy atom. The van der Waals surface area contributed by atoms with Crippen LogP contribution >= 0.6 is 0 Å². The fourth-order valence-corrected chi connectivity index (χ4v) is 6.56. The number of sulfone groups is 2. The van der Waals surface area contributed by atoms with Gasteiger partial charge in [-0.25, -0.2) is 16.8 Å². The molecule has 2 atom stereocenters. The molecule has 0 aromatic rings. The van der Waals surface area contributed by atoms with Crippen LogP contribution in [0.4, 0.5) is 0 Å². The molecule has 0 spiro atoms. The highest BCUT2D eigenvalue weighted by atomic mass is 32.2. The van der Waals surface area contributed by atoms with E-state index in [9.17, 15) is 22.1 Å². The molecule has 0 aromatic carbocycles. The largest absolute Gasteiger partial charge is 0.229 e. The molecule has 0 N–H and O–H groups in total. The highest BCUT2D eigenvalue weighted by Crippen LogP contribution is 2.43. The van der Waals surface area contributed by atoms with Gasteiger partial charge in [0.05, 0.1) is 34.5 Å². The number of hydrogen-bond acceptors (Lipinski definition) is 5. The quantitative estimate of drug-likeness (QED) is 0.650. The van der Waals surface area contributed by atoms with Crippen molar-refractivity contribution in [3.8, 4) is 6.07 Å². The summed E-state index contributed by atoms with van der Waals surface area (Å²) in [6.45, 7) is 0. The second-order valence-corrected chi connectivity index (χ2v) is 9.12. The Kier molecular flexibility index (Phi) is 2.55. The Morgan fingerprint density at radius 1 is 1.12 bits per heavy atom. The van der Waals surface area contributed by atoms with Gasteiger partial charge >= 0.3 is 0 Å². The van der Waals surface area contributed by atoms with E-state index >= 15 is 0 Å². The topological polar surface area (TPSA) is 92.1 Å². The van der Waals surface area contributed by atoms with Gasteiger partial charge in [-0.15, -0.1) is 0 Å². The van der Waals surface area contributed by atoms with E-state index < -0.39 is 25.1 Å². The predicted molar refractivity (Wildman–Crippen MR) is 58.1 cm³/mol. The van der Waals surface area contributed by atoms with Crippen molar-refractivity contribution in [1.29, 1.82) is 5.26 Å². The van der Waals surface area contributed by atoms with Crippen LogP contribution in [-0.4, -0.2) is 39.8 Å². The molecular formula is C9H13NO4S2. The lowest BCUT2D eigenvalue weighted by Crippen LogP contribution is -2.31. The van der Waals surface area contributed by atoms with Crippen molar-refractivity contribution < 1.29 is 16.8 Å². The lowest BCUT2D eigenvalue weighted by atomic mass is 9.76. The summed E-state index contributed by atoms with van der Waals surface area (Å²) in [6, 6.07) is 2.07. The first-order valence-corrected chi connectivity index (χ1v) is 8.75. The Labute approximate surface area is 95.3 Å². The number of nitrogens with zero attached hydrogens (tertiary/aromatic N) is 1. The smallest absolute Gasteiger partial charge is 0.151 e. The molecule has 2 saturated heterocycles. The zero-order valence-electron chi connectivity index (χ0n) is 8.72. The van der Waals surface area contributed by atoms with Gasteiger partial charge in [-0.2, -0.15) is 5.26 Å². The monoisotopic (exact) mass is 263 g/mol. The molecule has 0 saturated carbocycles. The van der Waals surface area contributed by atoms with E-state index in [4.69, 9.17) is 0 Å². The minimum absolute atomic E-state index is 0.0110. The maximum atomic E-state index is 11.4. The van der Waals surface area contributed by atoms with Gasteiger partial charge < -0.3 is 0 Å². The van der Waals surface area contributed by atoms with Crippen molar-refractivity contribution in [1.82, 2.24) is 0 Å². The molecule has 5 nitrogen and oxygen atoms in total. The lowest BCUT2D eigenvalue weighted by Gasteiger charge is -2.25. The molecule has 2 heterocycles. The predicted octanol–water partition coefficient (Wildman–Crippen LogP) is -0.250. The van der Waals surface area contributed by atoms with Crippen LogP contribution in [0.15, 0.2) is 0 Å². The summed E-state index contributed by atoms with van der Waals surface area (Å²) in [6.07, 6.45) is 0.706. The van der Waals surface area contributed by atoms with Crippen LogP contribution in [0.3, 0.4) is 0 Å². The summed E-state index contributed by atoms with van der Waals surface area (Å²) in [5, 5.41) is 9.17. The standard InChI is InChI=1S/C9H13NO4S2/c10-6-9(2-4-16(13,14)7-9)8-1-3-15(11,12)5-8/h8H,1-5,7H2. The minimum atomic E-state index is -3.16. The number of rotatable bonds is 1. The van der Waals surface area contributed by atoms with Crippen molar-refractivity contribution in [2.45, 2.75) is 12.8 Å². The van der Waals surface area contributed by atoms with Gasteiger partial charge in [-0.3, -0.25) is 0 Å². The van der Waals surface area contributed by atoms with Crippen LogP contribution in [0.2, 0.25) is 0 Å². The second-order valence-electron chi connectivity index (χ2n) is 4.71. The molecule has 0 radical (unpaired) electrons. The summed E-state index contributed by atoms with van der Waals surface area (Å²) in [5.41, 5.74) is -0.956. The molecular weight excluding hydrogens is 250 g/mol. The Hall–Kier alpha value is -0.610. The Morgan fingerprint density at radius 3 is 2.19 bits per heavy atom. The minimum Gasteiger partial charge on any atom is -0.229 e. The van der Waals surface area contributed by atoms with E-state index in [0.717, 1.165) is 0 Å². The molecule has 2 fully saturated rings. The highest BCUT2D eigenvalue weighted by molar-refractivity contribution is 7.92. The first kappa shape index (κ1) is 11.9. The summed E-state index contributed by atoms with van der Waals surface area (Å²) < 4.78 is 45.6. The van der Waals surface area contributed by atoms with Crippen molar-refractivity contribution in [3.63, 3.8) is 0 Å². The molecule has 0 bridgehead atoms. The summed E-state index contributed by atoms with van der Waals surface area (Å²) in [5.74, 6) is -0.412. The van der Waals surface area contributed by atoms with Crippen LogP contribution in [0.1, 0.15) is 12.8 Å². The number of nitriles is 1. The summed E-state index contributed by atoms with van der Waals surface area (Å²) >= 11 is 0. The van der Waals surface area contributed by atoms with E-state index in [1.165, 1.54) is 0 Å². The van der Waals surface area contributed by atoms with Crippen molar-refractivity contribution in [2.75, 3.05) is 23.0 Å². The van der Waals surface area contributed by atoms with Crippen LogP contribution in [-0.2, 0) is 19.7 Å². The summed E-state index contributed by atoms with van der Waals surface area (Å²) in [7, 11) is -6.22. The maximum absolute atomic E-state index is 11.4. The molecule has 2 aliphatic heterocycles. The molecule has 0 amide bonds. The first-order chi connectivity index (χ1) is 7.29. The second kappa shape index (κ2) is 3.44. The number of hydrogen-bond donors (Lipinski definition) is 0. The zero-order chi connectivity index (χ0) is 12.0. The fraction of sp³-hybridized carbons (Fsp3) is 0.889. The van der Waals surface area contributed by atoms with Crippen molar-refractivity contribution in [3.05, 3.63) is 0 Å². The van der Waals surface area contributed by atoms with Crippen molar-refractivity contribution >= 4 is 19.7 Å². The SMILES string of the molecule is N#CC1(C2CCS(=O)(=O)C2)CCS(=O)(=O)C1. The average molecular weight is 263 g/mol. The van der Waals surface area contributed by atoms with Gasteiger partial charge in [0.1, 0.15) is 0 Å². The molecule has 16 heavy (non-hydrogen) atoms. The normalized spacial score (nSPS) is 40.6. The van der Waals surface area contributed by atoms with E-state index in [-0.39, 0.29) is 35.4 Å². The van der Waals surface area contributed by atoms with E-state index in [2.05, 4.69) is 6.07 Å². The van der Waals surface area contributed by atoms with Crippen LogP contribution in [0.5, 0.6) is 0 Å². The fourth-order valence-electron chi connectivity index (χ4n) is 2.61. The third kappa shape index (κ3) is 1.96. The van der Waals surface area contributed by atoms with Gasteiger partial charge in [0.15, 0.2) is 19.7 Å². The molecule has 2 rings (SSSR count). The highest BCUT2D eigenvalue weighted by Gasteiger charge is 2.51. The van der Waals surface area contributed by atoms with Crippen molar-refractivity contribution in [2.24, 2.45) is 11.3 Å². The molecule has 7 heteroatoms. The molecule has 90 valence electrons. The molecule has 2 aliphatic rings. The average Bonchev–Trinajstić information content (AvgIpc) is 2.67. The van der Waals surface area contributed by atoms with Gasteiger partial charge in [0.25, 0.3) is 0 Å². The van der Waals surface area contributed by atoms with Gasteiger partial charge in [-0.1, -0.05) is 0 Å². The van der Waals surface area contributed by atoms with E-state index in [0.29, 0.717) is 6.42 Å². The molecule has 2 unspecified atom stereocenters. The van der Waals surface area contributed by atoms with Crippen LogP contribution in [0.25, 0.3) is 0 Å². The molecule has 0 aromatic heterocycles. The molecule has 0 aliphatic carbocycles. The zero-order valence-corrected chi connectivity index (χ0v) is 10.3. The Balaban J connectivity index is 2.30. The van der Waals surface area contributed by atoms with Gasteiger partial charge in [0.2, 0.25) is 0 Å². The van der Waals surface area contributed by atoms with Crippen LogP contribution in [0, 0.1) is 22.7 Å². The van der Waals surface area contributed by atoms with E-state index in [1.54, 1.807) is 0 Å². The van der Waals surface area contributed by atoms with Crippen LogP contribution < -0.4 is 0 Å². The van der Waals surface area contributed by atoms with Gasteiger partial charge in [-0.05, 0) is 18.8 Å². The lowest BCUT2D eigenvalue weighted by molar-refractivity contribution is 0.301. The third-order valence-electron chi connectivity index (χ3n) is 3.57. The van der Waals surface area contributed by atoms with E-state index in [1.807, 2.05) is 0 Å². The maximum Gasteiger partial charge on any atom is 0.151 e. The van der Waals surface area contributed by atoms with Gasteiger partial charge in [0, 0.05) is 0 Å². The third-order valence-corrected chi connectivity index (χ3v) is 7.12. The summed E-state index contributed by atoms with van der Waals surface area (Å²) in [4.78, 5) is 0.